The van der Waals surface area contributed by atoms with E-state index in [1.54, 1.807) is 48.5 Å². The van der Waals surface area contributed by atoms with Crippen molar-refractivity contribution in [1.29, 1.82) is 0 Å². The van der Waals surface area contributed by atoms with Crippen LogP contribution >= 0.6 is 11.6 Å². The van der Waals surface area contributed by atoms with Gasteiger partial charge < -0.3 is 19.3 Å². The van der Waals surface area contributed by atoms with Crippen LogP contribution in [-0.4, -0.2) is 35.2 Å². The molecular weight excluding hydrogens is 398 g/mol. The molecule has 0 unspecified atom stereocenters. The molecule has 9 heteroatoms. The molecule has 1 N–H and O–H groups in total. The number of aromatic nitrogens is 2. The van der Waals surface area contributed by atoms with Gasteiger partial charge in [0.1, 0.15) is 12.3 Å². The number of hydrogen-bond acceptors (Lipinski definition) is 7. The zero-order valence-corrected chi connectivity index (χ0v) is 16.3. The Morgan fingerprint density at radius 3 is 2.52 bits per heavy atom. The number of halogens is 1. The molecule has 0 spiro atoms. The van der Waals surface area contributed by atoms with E-state index in [0.29, 0.717) is 28.8 Å². The molecule has 0 atom stereocenters. The van der Waals surface area contributed by atoms with Crippen LogP contribution in [0, 0.1) is 0 Å². The third-order valence-electron chi connectivity index (χ3n) is 3.75. The van der Waals surface area contributed by atoms with Gasteiger partial charge in [0.15, 0.2) is 6.61 Å². The summed E-state index contributed by atoms with van der Waals surface area (Å²) in [5, 5.41) is 6.91. The lowest BCUT2D eigenvalue weighted by Gasteiger charge is -2.06. The number of hydrogen-bond donors (Lipinski definition) is 1. The van der Waals surface area contributed by atoms with E-state index in [2.05, 4.69) is 15.5 Å². The van der Waals surface area contributed by atoms with Crippen molar-refractivity contribution in [2.24, 2.45) is 0 Å². The number of amides is 1. The maximum Gasteiger partial charge on any atom is 0.325 e. The lowest BCUT2D eigenvalue weighted by atomic mass is 10.2. The predicted molar refractivity (Wildman–Crippen MR) is 104 cm³/mol. The molecule has 29 heavy (non-hydrogen) atoms. The van der Waals surface area contributed by atoms with Crippen LogP contribution < -0.4 is 10.1 Å². The second-order valence-electron chi connectivity index (χ2n) is 5.82. The van der Waals surface area contributed by atoms with E-state index < -0.39 is 11.9 Å². The fourth-order valence-corrected chi connectivity index (χ4v) is 2.47. The fraction of sp³-hybridized carbons (Fsp3) is 0.200. The Morgan fingerprint density at radius 1 is 1.10 bits per heavy atom. The predicted octanol–water partition coefficient (Wildman–Crippen LogP) is 3.26. The van der Waals surface area contributed by atoms with Crippen LogP contribution in [0.2, 0.25) is 5.02 Å². The largest absolute Gasteiger partial charge is 0.494 e. The summed E-state index contributed by atoms with van der Waals surface area (Å²) in [4.78, 5) is 28.1. The van der Waals surface area contributed by atoms with E-state index in [-0.39, 0.29) is 19.0 Å². The summed E-state index contributed by atoms with van der Waals surface area (Å²) in [5.74, 6) is 0.141. The fourth-order valence-electron chi connectivity index (χ4n) is 2.35. The zero-order valence-electron chi connectivity index (χ0n) is 15.6. The first-order valence-electron chi connectivity index (χ1n) is 8.80. The first-order chi connectivity index (χ1) is 14.0. The highest BCUT2D eigenvalue weighted by Crippen LogP contribution is 2.18. The molecule has 0 aliphatic rings. The van der Waals surface area contributed by atoms with Gasteiger partial charge in [-0.3, -0.25) is 9.59 Å². The number of carbonyl (C=O) groups is 2. The molecule has 0 aliphatic heterocycles. The molecule has 2 aromatic carbocycles. The summed E-state index contributed by atoms with van der Waals surface area (Å²) in [7, 11) is 0. The third kappa shape index (κ3) is 5.79. The summed E-state index contributed by atoms with van der Waals surface area (Å²) in [6.07, 6.45) is 0. The molecule has 0 bridgehead atoms. The van der Waals surface area contributed by atoms with Gasteiger partial charge in [-0.05, 0) is 55.5 Å². The van der Waals surface area contributed by atoms with Crippen LogP contribution in [-0.2, 0) is 16.1 Å². The number of rotatable bonds is 8. The van der Waals surface area contributed by atoms with Crippen molar-refractivity contribution >= 4 is 23.5 Å². The molecular formula is C20H18ClN3O5. The Bertz CT molecular complexity index is 971. The Kier molecular flexibility index (Phi) is 6.80. The van der Waals surface area contributed by atoms with Gasteiger partial charge in [-0.2, -0.15) is 4.98 Å². The SMILES string of the molecule is CCOc1ccc(C(=O)NCC(=O)OCc2nc(-c3ccc(Cl)cc3)no2)cc1. The standard InChI is InChI=1S/C20H18ClN3O5/c1-2-27-16-9-5-14(6-10-16)20(26)22-11-18(25)28-12-17-23-19(24-29-17)13-3-7-15(21)8-4-13/h3-10H,2,11-12H2,1H3,(H,22,26). The second-order valence-corrected chi connectivity index (χ2v) is 6.26. The minimum absolute atomic E-state index is 0.140. The highest BCUT2D eigenvalue weighted by molar-refractivity contribution is 6.30. The van der Waals surface area contributed by atoms with Crippen molar-refractivity contribution < 1.29 is 23.6 Å². The number of nitrogens with zero attached hydrogens (tertiary/aromatic N) is 2. The summed E-state index contributed by atoms with van der Waals surface area (Å²) in [5.41, 5.74) is 1.13. The van der Waals surface area contributed by atoms with E-state index in [4.69, 9.17) is 25.6 Å². The Hall–Kier alpha value is -3.39. The molecule has 1 aromatic heterocycles. The lowest BCUT2D eigenvalue weighted by molar-refractivity contribution is -0.144. The van der Waals surface area contributed by atoms with Gasteiger partial charge >= 0.3 is 5.97 Å². The van der Waals surface area contributed by atoms with Crippen molar-refractivity contribution in [1.82, 2.24) is 15.5 Å². The topological polar surface area (TPSA) is 104 Å². The minimum Gasteiger partial charge on any atom is -0.494 e. The lowest BCUT2D eigenvalue weighted by Crippen LogP contribution is -2.30. The quantitative estimate of drug-likeness (QED) is 0.563. The van der Waals surface area contributed by atoms with Gasteiger partial charge in [0.2, 0.25) is 5.82 Å². The monoisotopic (exact) mass is 415 g/mol. The molecule has 0 saturated heterocycles. The van der Waals surface area contributed by atoms with Crippen molar-refractivity contribution in [3.63, 3.8) is 0 Å². The average Bonchev–Trinajstić information content (AvgIpc) is 3.21. The van der Waals surface area contributed by atoms with Crippen LogP contribution in [0.15, 0.2) is 53.1 Å². The number of esters is 1. The van der Waals surface area contributed by atoms with Crippen LogP contribution in [0.4, 0.5) is 0 Å². The summed E-state index contributed by atoms with van der Waals surface area (Å²) >= 11 is 5.84. The highest BCUT2D eigenvalue weighted by atomic mass is 35.5. The zero-order chi connectivity index (χ0) is 20.6. The van der Waals surface area contributed by atoms with Crippen molar-refractivity contribution in [2.75, 3.05) is 13.2 Å². The molecule has 0 fully saturated rings. The van der Waals surface area contributed by atoms with Crippen molar-refractivity contribution in [3.05, 3.63) is 65.0 Å². The highest BCUT2D eigenvalue weighted by Gasteiger charge is 2.13. The van der Waals surface area contributed by atoms with Gasteiger partial charge in [0.25, 0.3) is 11.8 Å². The van der Waals surface area contributed by atoms with E-state index >= 15 is 0 Å². The second kappa shape index (κ2) is 9.70. The van der Waals surface area contributed by atoms with Crippen LogP contribution in [0.1, 0.15) is 23.2 Å². The normalized spacial score (nSPS) is 10.4. The molecule has 1 heterocycles. The van der Waals surface area contributed by atoms with Gasteiger partial charge in [-0.25, -0.2) is 0 Å². The summed E-state index contributed by atoms with van der Waals surface area (Å²) in [6.45, 7) is 1.93. The van der Waals surface area contributed by atoms with Crippen LogP contribution in [0.5, 0.6) is 5.75 Å². The first-order valence-corrected chi connectivity index (χ1v) is 9.18. The number of ether oxygens (including phenoxy) is 2. The number of carbonyl (C=O) groups excluding carboxylic acids is 2. The van der Waals surface area contributed by atoms with Gasteiger partial charge in [-0.1, -0.05) is 16.8 Å². The van der Waals surface area contributed by atoms with Gasteiger partial charge in [-0.15, -0.1) is 0 Å². The van der Waals surface area contributed by atoms with Gasteiger partial charge in [0, 0.05) is 16.1 Å². The minimum atomic E-state index is -0.629. The average molecular weight is 416 g/mol. The molecule has 0 aliphatic carbocycles. The van der Waals surface area contributed by atoms with Crippen LogP contribution in [0.25, 0.3) is 11.4 Å². The Balaban J connectivity index is 1.45. The Morgan fingerprint density at radius 2 is 1.83 bits per heavy atom. The maximum atomic E-state index is 12.1. The first kappa shape index (κ1) is 20.3. The smallest absolute Gasteiger partial charge is 0.325 e. The van der Waals surface area contributed by atoms with Crippen molar-refractivity contribution in [3.8, 4) is 17.1 Å². The number of nitrogens with one attached hydrogen (secondary N) is 1. The van der Waals surface area contributed by atoms with E-state index in [1.165, 1.54) is 0 Å². The molecule has 0 saturated carbocycles. The maximum absolute atomic E-state index is 12.1. The van der Waals surface area contributed by atoms with Gasteiger partial charge in [0.05, 0.1) is 6.61 Å². The summed E-state index contributed by atoms with van der Waals surface area (Å²) in [6, 6.07) is 13.5. The van der Waals surface area contributed by atoms with E-state index in [9.17, 15) is 9.59 Å². The van der Waals surface area contributed by atoms with E-state index in [0.717, 1.165) is 5.56 Å². The molecule has 3 aromatic rings. The summed E-state index contributed by atoms with van der Waals surface area (Å²) < 4.78 is 15.4. The molecule has 0 radical (unpaired) electrons. The Labute approximate surface area is 171 Å². The van der Waals surface area contributed by atoms with E-state index in [1.807, 2.05) is 6.92 Å². The number of benzene rings is 2. The molecule has 150 valence electrons. The molecule has 3 rings (SSSR count). The molecule has 8 nitrogen and oxygen atoms in total. The van der Waals surface area contributed by atoms with Crippen molar-refractivity contribution in [2.45, 2.75) is 13.5 Å². The van der Waals surface area contributed by atoms with Crippen LogP contribution in [0.3, 0.4) is 0 Å². The molecule has 1 amide bonds. The third-order valence-corrected chi connectivity index (χ3v) is 4.00.